The highest BCUT2D eigenvalue weighted by Gasteiger charge is 2.41. The van der Waals surface area contributed by atoms with Crippen molar-refractivity contribution in [3.05, 3.63) is 240 Å². The SMILES string of the molecule is CC(=O)Cc1ccccc1.CC(C)C(=O)C(C(=O)Nc1ccccc1)C(C(=O)c1ccc(F)cc1)c1ccccc1.CC(C)c1c(C(=O)Nc2ccccc2)c(-c2ccccc2)c(-c2ccc(F)cc2)n1CCC(=O)N1CCOCC1.[Cl-].[NH3+]CCC(=O)N1CCOCC1. The predicted octanol–water partition coefficient (Wildman–Crippen LogP) is 9.16. The average Bonchev–Trinajstić information content (AvgIpc) is 1.60. The quantitative estimate of drug-likeness (QED) is 0.0492. The molecule has 3 heterocycles. The number of aromatic nitrogens is 1. The molecule has 2 unspecified atom stereocenters. The van der Waals surface area contributed by atoms with E-state index in [0.29, 0.717) is 87.9 Å². The van der Waals surface area contributed by atoms with E-state index >= 15 is 0 Å². The zero-order valence-corrected chi connectivity index (χ0v) is 54.2. The Labute approximate surface area is 550 Å². The zero-order valence-electron chi connectivity index (χ0n) is 53.4. The monoisotopic (exact) mass is 1280 g/mol. The number of para-hydroxylation sites is 2. The fraction of sp³-hybridized carbons (Fsp3) is 0.293. The van der Waals surface area contributed by atoms with Crippen molar-refractivity contribution in [3.8, 4) is 22.4 Å². The van der Waals surface area contributed by atoms with E-state index in [9.17, 15) is 42.3 Å². The van der Waals surface area contributed by atoms with Gasteiger partial charge in [0.2, 0.25) is 17.7 Å². The smallest absolute Gasteiger partial charge is 0.258 e. The molecule has 4 amide bonds. The topological polar surface area (TPSA) is 201 Å². The summed E-state index contributed by atoms with van der Waals surface area (Å²) < 4.78 is 40.1. The van der Waals surface area contributed by atoms with Gasteiger partial charge in [0.15, 0.2) is 5.78 Å². The summed E-state index contributed by atoms with van der Waals surface area (Å²) in [5.74, 6) is -4.62. The van der Waals surface area contributed by atoms with E-state index in [1.165, 1.54) is 36.4 Å². The third kappa shape index (κ3) is 21.4. The number of Topliss-reactive ketones (excluding diaryl/α,β-unsaturated/α-hetero) is 3. The number of morpholine rings is 2. The Morgan fingerprint density at radius 1 is 0.548 bits per heavy atom. The molecule has 2 aliphatic heterocycles. The van der Waals surface area contributed by atoms with Crippen LogP contribution in [-0.4, -0.2) is 114 Å². The number of halogens is 3. The molecule has 0 spiro atoms. The van der Waals surface area contributed by atoms with Crippen molar-refractivity contribution in [2.45, 2.75) is 72.3 Å². The number of nitrogens with zero attached hydrogens (tertiary/aromatic N) is 3. The van der Waals surface area contributed by atoms with Crippen LogP contribution in [0.3, 0.4) is 0 Å². The van der Waals surface area contributed by atoms with Crippen molar-refractivity contribution >= 4 is 52.4 Å². The summed E-state index contributed by atoms with van der Waals surface area (Å²) in [5, 5.41) is 5.85. The van der Waals surface area contributed by atoms with Gasteiger partial charge in [-0.1, -0.05) is 155 Å². The van der Waals surface area contributed by atoms with Crippen LogP contribution >= 0.6 is 0 Å². The molecule has 18 heteroatoms. The van der Waals surface area contributed by atoms with Crippen LogP contribution in [0.25, 0.3) is 22.4 Å². The van der Waals surface area contributed by atoms with Gasteiger partial charge in [0.1, 0.15) is 29.1 Å². The Hall–Kier alpha value is -9.26. The summed E-state index contributed by atoms with van der Waals surface area (Å²) in [6.45, 7) is 15.3. The van der Waals surface area contributed by atoms with Crippen molar-refractivity contribution in [2.75, 3.05) is 69.8 Å². The molecule has 0 saturated carbocycles. The normalized spacial score (nSPS) is 13.2. The Balaban J connectivity index is 0.000000226. The van der Waals surface area contributed by atoms with Gasteiger partial charge in [-0.25, -0.2) is 8.78 Å². The summed E-state index contributed by atoms with van der Waals surface area (Å²) >= 11 is 0. The minimum Gasteiger partial charge on any atom is -1.00 e. The minimum atomic E-state index is -1.24. The van der Waals surface area contributed by atoms with Crippen molar-refractivity contribution in [1.29, 1.82) is 0 Å². The molecule has 2 saturated heterocycles. The van der Waals surface area contributed by atoms with Crippen LogP contribution in [0.1, 0.15) is 96.8 Å². The van der Waals surface area contributed by atoms with Gasteiger partial charge < -0.3 is 52.6 Å². The first-order valence-corrected chi connectivity index (χ1v) is 31.2. The molecule has 10 rings (SSSR count). The first kappa shape index (κ1) is 72.8. The lowest BCUT2D eigenvalue weighted by atomic mass is 9.75. The minimum absolute atomic E-state index is 0. The summed E-state index contributed by atoms with van der Waals surface area (Å²) in [7, 11) is 0. The molecule has 1 aromatic heterocycles. The largest absolute Gasteiger partial charge is 1.00 e. The lowest BCUT2D eigenvalue weighted by Gasteiger charge is -2.27. The van der Waals surface area contributed by atoms with Crippen LogP contribution in [0.15, 0.2) is 200 Å². The molecule has 488 valence electrons. The number of hydrogen-bond donors (Lipinski definition) is 3. The van der Waals surface area contributed by atoms with Crippen LogP contribution in [-0.2, 0) is 46.4 Å². The third-order valence-electron chi connectivity index (χ3n) is 15.4. The predicted molar refractivity (Wildman–Crippen MR) is 355 cm³/mol. The average molecular weight is 1290 g/mol. The maximum absolute atomic E-state index is 14.1. The van der Waals surface area contributed by atoms with E-state index in [2.05, 4.69) is 34.8 Å². The summed E-state index contributed by atoms with van der Waals surface area (Å²) in [4.78, 5) is 92.9. The van der Waals surface area contributed by atoms with Gasteiger partial charge in [0, 0.05) is 79.7 Å². The number of anilines is 2. The van der Waals surface area contributed by atoms with E-state index in [1.54, 1.807) is 87.5 Å². The maximum Gasteiger partial charge on any atom is 0.258 e. The molecule has 0 radical (unpaired) electrons. The lowest BCUT2D eigenvalue weighted by molar-refractivity contribution is -0.366. The maximum atomic E-state index is 14.1. The summed E-state index contributed by atoms with van der Waals surface area (Å²) in [6, 6.07) is 57.9. The highest BCUT2D eigenvalue weighted by Crippen LogP contribution is 2.43. The highest BCUT2D eigenvalue weighted by atomic mass is 35.5. The van der Waals surface area contributed by atoms with Crippen molar-refractivity contribution in [1.82, 2.24) is 14.4 Å². The molecule has 8 aromatic rings. The van der Waals surface area contributed by atoms with E-state index in [4.69, 9.17) is 9.47 Å². The fourth-order valence-electron chi connectivity index (χ4n) is 10.9. The standard InChI is InChI=1S/C33H34FN3O3.C26H24FNO3.C9H10O.C7H14N2O2.ClH/c1-23(2)31-30(33(39)35-27-11-7-4-8-12-27)29(24-9-5-3-6-10-24)32(25-13-15-26(34)16-14-25)37(31)18-17-28(38)36-19-21-40-22-20-36;1-17(2)24(29)23(26(31)28-21-11-7-4-8-12-21)22(18-9-5-3-6-10-18)25(30)19-13-15-20(27)16-14-19;1-8(10)7-9-5-3-2-4-6-9;8-2-1-7(10)9-3-5-11-6-4-9;/h3-16,23H,17-22H2,1-2H3,(H,35,39);3-17,22-23H,1-2H3,(H,28,31);2-6H,7H2,1H3;1-6,8H2;1H. The van der Waals surface area contributed by atoms with Crippen LogP contribution in [0.2, 0.25) is 0 Å². The fourth-order valence-corrected chi connectivity index (χ4v) is 10.9. The van der Waals surface area contributed by atoms with Gasteiger partial charge in [0.25, 0.3) is 5.91 Å². The molecular formula is C75H83ClF2N6O9. The van der Waals surface area contributed by atoms with Gasteiger partial charge in [-0.2, -0.15) is 0 Å². The number of carbonyl (C=O) groups excluding carboxylic acids is 7. The van der Waals surface area contributed by atoms with E-state index in [0.717, 1.165) is 46.7 Å². The Kier molecular flexibility index (Phi) is 29.2. The molecule has 2 atom stereocenters. The highest BCUT2D eigenvalue weighted by molar-refractivity contribution is 6.15. The van der Waals surface area contributed by atoms with Crippen LogP contribution in [0.4, 0.5) is 20.2 Å². The Morgan fingerprint density at radius 3 is 1.47 bits per heavy atom. The van der Waals surface area contributed by atoms with Crippen molar-refractivity contribution in [2.24, 2.45) is 11.8 Å². The zero-order chi connectivity index (χ0) is 65.9. The second-order valence-corrected chi connectivity index (χ2v) is 22.8. The number of hydrogen-bond acceptors (Lipinski definition) is 9. The molecule has 93 heavy (non-hydrogen) atoms. The molecular weight excluding hydrogens is 1200 g/mol. The van der Waals surface area contributed by atoms with Gasteiger partial charge in [-0.15, -0.1) is 0 Å². The number of amides is 4. The van der Waals surface area contributed by atoms with Gasteiger partial charge in [0.05, 0.1) is 56.6 Å². The number of ketones is 3. The number of ether oxygens (including phenoxy) is 2. The van der Waals surface area contributed by atoms with E-state index in [1.807, 2.05) is 107 Å². The Bertz CT molecular complexity index is 3660. The van der Waals surface area contributed by atoms with Crippen molar-refractivity contribution in [3.63, 3.8) is 0 Å². The van der Waals surface area contributed by atoms with Gasteiger partial charge >= 0.3 is 0 Å². The van der Waals surface area contributed by atoms with Gasteiger partial charge in [-0.3, -0.25) is 33.6 Å². The van der Waals surface area contributed by atoms with Crippen molar-refractivity contribution < 1.29 is 70.0 Å². The second-order valence-electron chi connectivity index (χ2n) is 22.8. The van der Waals surface area contributed by atoms with Crippen LogP contribution in [0.5, 0.6) is 0 Å². The Morgan fingerprint density at radius 2 is 1.00 bits per heavy atom. The van der Waals surface area contributed by atoms with Crippen LogP contribution < -0.4 is 28.8 Å². The second kappa shape index (κ2) is 37.3. The molecule has 15 nitrogen and oxygen atoms in total. The third-order valence-corrected chi connectivity index (χ3v) is 15.4. The number of rotatable bonds is 20. The summed E-state index contributed by atoms with van der Waals surface area (Å²) in [6.07, 6.45) is 1.40. The first-order valence-electron chi connectivity index (χ1n) is 31.2. The summed E-state index contributed by atoms with van der Waals surface area (Å²) in [5.41, 5.74) is 11.4. The molecule has 2 aliphatic rings. The molecule has 2 fully saturated rings. The van der Waals surface area contributed by atoms with E-state index < -0.39 is 35.3 Å². The number of carbonyl (C=O) groups is 7. The number of benzene rings is 7. The van der Waals surface area contributed by atoms with Gasteiger partial charge in [-0.05, 0) is 108 Å². The van der Waals surface area contributed by atoms with Crippen LogP contribution in [0, 0.1) is 23.5 Å². The molecule has 0 bridgehead atoms. The number of nitrogens with one attached hydrogen (secondary N) is 2. The molecule has 7 aromatic carbocycles. The first-order chi connectivity index (χ1) is 44.4. The lowest BCUT2D eigenvalue weighted by Crippen LogP contribution is -3.00. The van der Waals surface area contributed by atoms with E-state index in [-0.39, 0.29) is 65.4 Å². The molecule has 5 N–H and O–H groups in total. The number of quaternary nitrogens is 1. The molecule has 0 aliphatic carbocycles.